The van der Waals surface area contributed by atoms with Gasteiger partial charge in [0, 0.05) is 24.5 Å². The third-order valence-corrected chi connectivity index (χ3v) is 3.73. The van der Waals surface area contributed by atoms with Gasteiger partial charge in [-0.05, 0) is 31.9 Å². The van der Waals surface area contributed by atoms with Crippen LogP contribution in [-0.4, -0.2) is 44.4 Å². The van der Waals surface area contributed by atoms with Crippen LogP contribution >= 0.6 is 12.4 Å². The molecule has 0 aliphatic carbocycles. The molecule has 1 aromatic rings. The number of rotatable bonds is 6. The van der Waals surface area contributed by atoms with Crippen LogP contribution in [-0.2, 0) is 16.0 Å². The van der Waals surface area contributed by atoms with Gasteiger partial charge in [-0.1, -0.05) is 18.2 Å². The Morgan fingerprint density at radius 2 is 2.17 bits per heavy atom. The van der Waals surface area contributed by atoms with E-state index in [9.17, 15) is 4.79 Å². The molecule has 1 saturated heterocycles. The zero-order chi connectivity index (χ0) is 16.0. The summed E-state index contributed by atoms with van der Waals surface area (Å²) in [6.07, 6.45) is 1.16. The summed E-state index contributed by atoms with van der Waals surface area (Å²) in [6.45, 7) is 6.19. The first-order valence-corrected chi connectivity index (χ1v) is 7.74. The predicted molar refractivity (Wildman–Crippen MR) is 93.4 cm³/mol. The van der Waals surface area contributed by atoms with Gasteiger partial charge in [-0.15, -0.1) is 12.4 Å². The van der Waals surface area contributed by atoms with Gasteiger partial charge in [0.05, 0.1) is 20.3 Å². The Labute approximate surface area is 144 Å². The minimum absolute atomic E-state index is 0. The Bertz CT molecular complexity index is 502. The monoisotopic (exact) mass is 342 g/mol. The molecule has 2 rings (SSSR count). The van der Waals surface area contributed by atoms with Crippen LogP contribution in [0.2, 0.25) is 0 Å². The highest BCUT2D eigenvalue weighted by Gasteiger charge is 2.24. The molecule has 1 aliphatic rings. The molecule has 23 heavy (non-hydrogen) atoms. The highest BCUT2D eigenvalue weighted by molar-refractivity contribution is 5.85. The van der Waals surface area contributed by atoms with Crippen LogP contribution in [0.3, 0.4) is 0 Å². The molecule has 0 spiro atoms. The largest absolute Gasteiger partial charge is 0.496 e. The van der Waals surface area contributed by atoms with Gasteiger partial charge < -0.3 is 20.1 Å². The van der Waals surface area contributed by atoms with Gasteiger partial charge in [-0.25, -0.2) is 0 Å². The third kappa shape index (κ3) is 6.37. The number of hydrogen-bond acceptors (Lipinski definition) is 4. The van der Waals surface area contributed by atoms with Crippen LogP contribution in [0, 0.1) is 0 Å². The van der Waals surface area contributed by atoms with Crippen molar-refractivity contribution in [2.75, 3.05) is 26.9 Å². The van der Waals surface area contributed by atoms with Crippen molar-refractivity contribution in [1.29, 1.82) is 0 Å². The number of carbonyl (C=O) groups excluding carboxylic acids is 1. The smallest absolute Gasteiger partial charge is 0.222 e. The van der Waals surface area contributed by atoms with E-state index in [1.54, 1.807) is 7.11 Å². The Hall–Kier alpha value is -1.30. The molecule has 2 N–H and O–H groups in total. The molecular weight excluding hydrogens is 316 g/mol. The molecule has 0 saturated carbocycles. The number of amides is 1. The number of benzene rings is 1. The predicted octanol–water partition coefficient (Wildman–Crippen LogP) is 1.93. The van der Waals surface area contributed by atoms with Crippen molar-refractivity contribution in [2.45, 2.75) is 38.3 Å². The van der Waals surface area contributed by atoms with Gasteiger partial charge in [0.15, 0.2) is 0 Å². The van der Waals surface area contributed by atoms with Crippen molar-refractivity contribution in [3.05, 3.63) is 29.8 Å². The maximum Gasteiger partial charge on any atom is 0.222 e. The molecule has 1 aromatic carbocycles. The van der Waals surface area contributed by atoms with Crippen LogP contribution in [0.5, 0.6) is 5.75 Å². The van der Waals surface area contributed by atoms with E-state index in [4.69, 9.17) is 9.47 Å². The molecule has 0 bridgehead atoms. The number of nitrogens with one attached hydrogen (secondary N) is 2. The number of halogens is 1. The molecule has 1 aliphatic heterocycles. The molecule has 1 atom stereocenters. The van der Waals surface area contributed by atoms with Crippen LogP contribution < -0.4 is 15.4 Å². The summed E-state index contributed by atoms with van der Waals surface area (Å²) in [5.41, 5.74) is 0.760. The molecule has 5 nitrogen and oxygen atoms in total. The van der Waals surface area contributed by atoms with Gasteiger partial charge in [0.1, 0.15) is 5.75 Å². The molecule has 1 amide bonds. The van der Waals surface area contributed by atoms with E-state index >= 15 is 0 Å². The van der Waals surface area contributed by atoms with Gasteiger partial charge >= 0.3 is 0 Å². The summed E-state index contributed by atoms with van der Waals surface area (Å²) in [6, 6.07) is 8.01. The second kappa shape index (κ2) is 9.11. The van der Waals surface area contributed by atoms with Crippen molar-refractivity contribution in [2.24, 2.45) is 0 Å². The van der Waals surface area contributed by atoms with Gasteiger partial charge in [-0.3, -0.25) is 4.79 Å². The number of hydrogen-bond donors (Lipinski definition) is 2. The zero-order valence-corrected chi connectivity index (χ0v) is 14.9. The van der Waals surface area contributed by atoms with Crippen molar-refractivity contribution >= 4 is 18.3 Å². The lowest BCUT2D eigenvalue weighted by Gasteiger charge is -2.29. The van der Waals surface area contributed by atoms with E-state index in [0.717, 1.165) is 30.9 Å². The first kappa shape index (κ1) is 19.7. The first-order chi connectivity index (χ1) is 10.5. The maximum absolute atomic E-state index is 12.2. The van der Waals surface area contributed by atoms with Crippen LogP contribution in [0.4, 0.5) is 0 Å². The number of carbonyl (C=O) groups is 1. The number of methoxy groups -OCH3 is 1. The Morgan fingerprint density at radius 1 is 1.43 bits per heavy atom. The lowest BCUT2D eigenvalue weighted by molar-refractivity contribution is -0.123. The molecule has 130 valence electrons. The lowest BCUT2D eigenvalue weighted by Crippen LogP contribution is -2.49. The summed E-state index contributed by atoms with van der Waals surface area (Å²) in [7, 11) is 1.67. The summed E-state index contributed by atoms with van der Waals surface area (Å²) in [5.74, 6) is 0.898. The summed E-state index contributed by atoms with van der Waals surface area (Å²) in [5, 5.41) is 6.41. The fourth-order valence-electron chi connectivity index (χ4n) is 2.77. The molecule has 1 fully saturated rings. The summed E-state index contributed by atoms with van der Waals surface area (Å²) < 4.78 is 10.8. The fourth-order valence-corrected chi connectivity index (χ4v) is 2.77. The second-order valence-corrected chi connectivity index (χ2v) is 6.35. The van der Waals surface area contributed by atoms with E-state index < -0.39 is 0 Å². The van der Waals surface area contributed by atoms with Crippen LogP contribution in [0.1, 0.15) is 25.8 Å². The Balaban J connectivity index is 0.00000264. The standard InChI is InChI=1S/C17H26N2O3.ClH/c1-17(2,11-13-6-4-5-7-15(13)21-3)19-16(20)10-14-12-22-9-8-18-14;/h4-7,14,18H,8-12H2,1-3H3,(H,19,20);1H. The Kier molecular flexibility index (Phi) is 7.82. The van der Waals surface area contributed by atoms with E-state index in [0.29, 0.717) is 13.0 Å². The van der Waals surface area contributed by atoms with Crippen molar-refractivity contribution in [1.82, 2.24) is 10.6 Å². The van der Waals surface area contributed by atoms with Crippen molar-refractivity contribution < 1.29 is 14.3 Å². The summed E-state index contributed by atoms with van der Waals surface area (Å²) in [4.78, 5) is 12.2. The normalized spacial score (nSPS) is 18.0. The summed E-state index contributed by atoms with van der Waals surface area (Å²) >= 11 is 0. The van der Waals surface area contributed by atoms with E-state index in [-0.39, 0.29) is 29.9 Å². The lowest BCUT2D eigenvalue weighted by atomic mass is 9.94. The molecule has 6 heteroatoms. The molecule has 1 unspecified atom stereocenters. The van der Waals surface area contributed by atoms with Crippen molar-refractivity contribution in [3.63, 3.8) is 0 Å². The van der Waals surface area contributed by atoms with Crippen LogP contribution in [0.15, 0.2) is 24.3 Å². The maximum atomic E-state index is 12.2. The average molecular weight is 343 g/mol. The number of morpholine rings is 1. The minimum atomic E-state index is -0.332. The van der Waals surface area contributed by atoms with E-state index in [1.165, 1.54) is 0 Å². The molecule has 0 radical (unpaired) electrons. The highest BCUT2D eigenvalue weighted by Crippen LogP contribution is 2.22. The van der Waals surface area contributed by atoms with E-state index in [1.807, 2.05) is 38.1 Å². The first-order valence-electron chi connectivity index (χ1n) is 7.74. The van der Waals surface area contributed by atoms with Crippen LogP contribution in [0.25, 0.3) is 0 Å². The third-order valence-electron chi connectivity index (χ3n) is 3.73. The zero-order valence-electron chi connectivity index (χ0n) is 14.1. The van der Waals surface area contributed by atoms with Gasteiger partial charge in [-0.2, -0.15) is 0 Å². The molecular formula is C17H27ClN2O3. The van der Waals surface area contributed by atoms with Gasteiger partial charge in [0.2, 0.25) is 5.91 Å². The highest BCUT2D eigenvalue weighted by atomic mass is 35.5. The number of ether oxygens (including phenoxy) is 2. The Morgan fingerprint density at radius 3 is 2.83 bits per heavy atom. The van der Waals surface area contributed by atoms with Crippen molar-refractivity contribution in [3.8, 4) is 5.75 Å². The number of para-hydroxylation sites is 1. The quantitative estimate of drug-likeness (QED) is 0.829. The molecule has 0 aromatic heterocycles. The molecule has 1 heterocycles. The van der Waals surface area contributed by atoms with Gasteiger partial charge in [0.25, 0.3) is 0 Å². The van der Waals surface area contributed by atoms with E-state index in [2.05, 4.69) is 10.6 Å². The SMILES string of the molecule is COc1ccccc1CC(C)(C)NC(=O)CC1COCCN1.Cl. The average Bonchev–Trinajstić information content (AvgIpc) is 2.47. The minimum Gasteiger partial charge on any atom is -0.496 e. The fraction of sp³-hybridized carbons (Fsp3) is 0.588. The second-order valence-electron chi connectivity index (χ2n) is 6.35. The topological polar surface area (TPSA) is 59.6 Å².